The molecule has 0 aliphatic carbocycles. The fraction of sp³-hybridized carbons (Fsp3) is 0.226. The number of H-pyrrole nitrogens is 1. The summed E-state index contributed by atoms with van der Waals surface area (Å²) in [5.41, 5.74) is 4.58. The summed E-state index contributed by atoms with van der Waals surface area (Å²) in [6.07, 6.45) is 2.46. The number of benzene rings is 3. The second-order valence-corrected chi connectivity index (χ2v) is 9.66. The number of ether oxygens (including phenoxy) is 1. The number of carbonyl (C=O) groups is 2. The standard InChI is InChI=1S/C31H30N2O4/c1-19(2)20-9-11-21(12-10-20)28-27(29(34)22-7-5-4-6-8-22)30(35)31(36)33(28)16-15-23-18-32-26-14-13-24(37-3)17-25(23)26/h4-14,17-19,28,32,34H,15-16H2,1-3H3/b29-27-. The predicted octanol–water partition coefficient (Wildman–Crippen LogP) is 5.96. The molecule has 0 bridgehead atoms. The number of Topliss-reactive ketones (excluding diaryl/α,β-unsaturated/α-hetero) is 1. The Morgan fingerprint density at radius 1 is 1.03 bits per heavy atom. The number of aromatic amines is 1. The summed E-state index contributed by atoms with van der Waals surface area (Å²) in [6, 6.07) is 22.0. The first-order valence-corrected chi connectivity index (χ1v) is 12.5. The van der Waals surface area contributed by atoms with Crippen molar-refractivity contribution >= 4 is 28.4 Å². The van der Waals surface area contributed by atoms with Crippen molar-refractivity contribution in [1.29, 1.82) is 0 Å². The number of aliphatic hydroxyl groups is 1. The van der Waals surface area contributed by atoms with Gasteiger partial charge in [0.1, 0.15) is 11.5 Å². The zero-order valence-corrected chi connectivity index (χ0v) is 21.2. The molecule has 1 saturated heterocycles. The van der Waals surface area contributed by atoms with Crippen molar-refractivity contribution in [2.45, 2.75) is 32.2 Å². The number of rotatable bonds is 7. The Kier molecular flexibility index (Phi) is 6.57. The van der Waals surface area contributed by atoms with E-state index in [2.05, 4.69) is 18.8 Å². The van der Waals surface area contributed by atoms with E-state index in [9.17, 15) is 14.7 Å². The number of nitrogens with one attached hydrogen (secondary N) is 1. The van der Waals surface area contributed by atoms with Gasteiger partial charge in [-0.1, -0.05) is 68.4 Å². The zero-order valence-electron chi connectivity index (χ0n) is 21.2. The summed E-state index contributed by atoms with van der Waals surface area (Å²) in [6.45, 7) is 4.55. The van der Waals surface area contributed by atoms with Crippen LogP contribution in [0.4, 0.5) is 0 Å². The van der Waals surface area contributed by atoms with Crippen LogP contribution >= 0.6 is 0 Å². The summed E-state index contributed by atoms with van der Waals surface area (Å²) >= 11 is 0. The van der Waals surface area contributed by atoms with Crippen LogP contribution in [0.3, 0.4) is 0 Å². The second kappa shape index (κ2) is 9.97. The van der Waals surface area contributed by atoms with Crippen molar-refractivity contribution in [3.8, 4) is 5.75 Å². The van der Waals surface area contributed by atoms with E-state index >= 15 is 0 Å². The van der Waals surface area contributed by atoms with Gasteiger partial charge in [-0.25, -0.2) is 0 Å². The molecule has 2 heterocycles. The number of nitrogens with zero attached hydrogens (tertiary/aromatic N) is 1. The Balaban J connectivity index is 1.55. The third kappa shape index (κ3) is 4.51. The van der Waals surface area contributed by atoms with Crippen molar-refractivity contribution in [2.24, 2.45) is 0 Å². The molecule has 5 rings (SSSR count). The van der Waals surface area contributed by atoms with Gasteiger partial charge in [-0.05, 0) is 47.2 Å². The fourth-order valence-corrected chi connectivity index (χ4v) is 5.00. The van der Waals surface area contributed by atoms with Crippen LogP contribution in [0.5, 0.6) is 5.75 Å². The smallest absolute Gasteiger partial charge is 0.295 e. The quantitative estimate of drug-likeness (QED) is 0.189. The summed E-state index contributed by atoms with van der Waals surface area (Å²) in [5.74, 6) is -0.325. The van der Waals surface area contributed by atoms with Gasteiger partial charge in [0, 0.05) is 29.2 Å². The topological polar surface area (TPSA) is 82.6 Å². The lowest BCUT2D eigenvalue weighted by Crippen LogP contribution is -2.31. The number of methoxy groups -OCH3 is 1. The van der Waals surface area contributed by atoms with E-state index in [0.717, 1.165) is 33.3 Å². The molecule has 1 aliphatic heterocycles. The molecule has 1 unspecified atom stereocenters. The fourth-order valence-electron chi connectivity index (χ4n) is 5.00. The van der Waals surface area contributed by atoms with Gasteiger partial charge in [0.15, 0.2) is 0 Å². The minimum atomic E-state index is -0.679. The number of ketones is 1. The first kappa shape index (κ1) is 24.4. The van der Waals surface area contributed by atoms with E-state index in [1.165, 1.54) is 0 Å². The van der Waals surface area contributed by atoms with E-state index in [1.807, 2.05) is 54.7 Å². The van der Waals surface area contributed by atoms with E-state index in [0.29, 0.717) is 24.4 Å². The number of aromatic nitrogens is 1. The second-order valence-electron chi connectivity index (χ2n) is 9.66. The number of amides is 1. The molecule has 1 fully saturated rings. The van der Waals surface area contributed by atoms with Gasteiger partial charge in [0.25, 0.3) is 11.7 Å². The minimum Gasteiger partial charge on any atom is -0.507 e. The lowest BCUT2D eigenvalue weighted by atomic mass is 9.93. The van der Waals surface area contributed by atoms with Crippen molar-refractivity contribution < 1.29 is 19.4 Å². The van der Waals surface area contributed by atoms with Gasteiger partial charge in [0.2, 0.25) is 0 Å². The Labute approximate surface area is 216 Å². The van der Waals surface area contributed by atoms with E-state index in [1.54, 1.807) is 36.3 Å². The molecular formula is C31H30N2O4. The number of hydrogen-bond acceptors (Lipinski definition) is 4. The Morgan fingerprint density at radius 3 is 2.43 bits per heavy atom. The van der Waals surface area contributed by atoms with Crippen LogP contribution in [-0.2, 0) is 16.0 Å². The molecule has 1 aliphatic rings. The normalized spacial score (nSPS) is 17.2. The van der Waals surface area contributed by atoms with Gasteiger partial charge in [-0.2, -0.15) is 0 Å². The van der Waals surface area contributed by atoms with E-state index in [-0.39, 0.29) is 11.3 Å². The van der Waals surface area contributed by atoms with Gasteiger partial charge >= 0.3 is 0 Å². The maximum absolute atomic E-state index is 13.3. The predicted molar refractivity (Wildman–Crippen MR) is 145 cm³/mol. The summed E-state index contributed by atoms with van der Waals surface area (Å²) in [7, 11) is 1.63. The van der Waals surface area contributed by atoms with Crippen molar-refractivity contribution in [3.63, 3.8) is 0 Å². The third-order valence-corrected chi connectivity index (χ3v) is 7.10. The van der Waals surface area contributed by atoms with Gasteiger partial charge in [-0.15, -0.1) is 0 Å². The average Bonchev–Trinajstić information content (AvgIpc) is 3.44. The molecule has 2 N–H and O–H groups in total. The highest BCUT2D eigenvalue weighted by Crippen LogP contribution is 2.40. The highest BCUT2D eigenvalue weighted by atomic mass is 16.5. The number of fused-ring (bicyclic) bond motifs is 1. The Morgan fingerprint density at radius 2 is 1.76 bits per heavy atom. The van der Waals surface area contributed by atoms with Crippen LogP contribution in [0.15, 0.2) is 84.6 Å². The van der Waals surface area contributed by atoms with Crippen LogP contribution in [0.2, 0.25) is 0 Å². The Bertz CT molecular complexity index is 1480. The van der Waals surface area contributed by atoms with Crippen molar-refractivity contribution in [2.75, 3.05) is 13.7 Å². The summed E-state index contributed by atoms with van der Waals surface area (Å²) in [4.78, 5) is 31.5. The molecule has 0 radical (unpaired) electrons. The van der Waals surface area contributed by atoms with Crippen molar-refractivity contribution in [1.82, 2.24) is 9.88 Å². The van der Waals surface area contributed by atoms with Gasteiger partial charge in [-0.3, -0.25) is 9.59 Å². The van der Waals surface area contributed by atoms with Gasteiger partial charge < -0.3 is 19.7 Å². The van der Waals surface area contributed by atoms with Crippen LogP contribution in [0.25, 0.3) is 16.7 Å². The maximum atomic E-state index is 13.3. The molecule has 6 heteroatoms. The van der Waals surface area contributed by atoms with Gasteiger partial charge in [0.05, 0.1) is 18.7 Å². The molecule has 1 aromatic heterocycles. The first-order chi connectivity index (χ1) is 17.9. The maximum Gasteiger partial charge on any atom is 0.295 e. The molecule has 4 aromatic rings. The molecular weight excluding hydrogens is 464 g/mol. The molecule has 3 aromatic carbocycles. The largest absolute Gasteiger partial charge is 0.507 e. The van der Waals surface area contributed by atoms with Crippen LogP contribution in [-0.4, -0.2) is 40.3 Å². The monoisotopic (exact) mass is 494 g/mol. The lowest BCUT2D eigenvalue weighted by molar-refractivity contribution is -0.139. The number of carbonyl (C=O) groups excluding carboxylic acids is 2. The van der Waals surface area contributed by atoms with Crippen molar-refractivity contribution in [3.05, 3.63) is 107 Å². The van der Waals surface area contributed by atoms with E-state index in [4.69, 9.17) is 4.74 Å². The lowest BCUT2D eigenvalue weighted by Gasteiger charge is -2.25. The summed E-state index contributed by atoms with van der Waals surface area (Å²) in [5, 5.41) is 12.2. The highest BCUT2D eigenvalue weighted by molar-refractivity contribution is 6.46. The van der Waals surface area contributed by atoms with E-state index < -0.39 is 17.7 Å². The highest BCUT2D eigenvalue weighted by Gasteiger charge is 2.45. The molecule has 0 saturated carbocycles. The van der Waals surface area contributed by atoms with Crippen LogP contribution < -0.4 is 4.74 Å². The molecule has 188 valence electrons. The van der Waals surface area contributed by atoms with Crippen LogP contribution in [0.1, 0.15) is 48.1 Å². The summed E-state index contributed by atoms with van der Waals surface area (Å²) < 4.78 is 5.38. The molecule has 0 spiro atoms. The molecule has 37 heavy (non-hydrogen) atoms. The number of likely N-dealkylation sites (tertiary alicyclic amines) is 1. The molecule has 1 atom stereocenters. The number of aliphatic hydroxyl groups excluding tert-OH is 1. The minimum absolute atomic E-state index is 0.120. The SMILES string of the molecule is COc1ccc2[nH]cc(CCN3C(=O)C(=O)/C(=C(\O)c4ccccc4)C3c3ccc(C(C)C)cc3)c2c1. The third-order valence-electron chi connectivity index (χ3n) is 7.10. The van der Waals surface area contributed by atoms with Crippen LogP contribution in [0, 0.1) is 0 Å². The molecule has 1 amide bonds. The Hall–Kier alpha value is -4.32. The first-order valence-electron chi connectivity index (χ1n) is 12.5. The zero-order chi connectivity index (χ0) is 26.1. The average molecular weight is 495 g/mol. The number of hydrogen-bond donors (Lipinski definition) is 2. The molecule has 6 nitrogen and oxygen atoms in total.